The first-order chi connectivity index (χ1) is 40.5. The Kier molecular flexibility index (Phi) is 63.5. The van der Waals surface area contributed by atoms with Gasteiger partial charge < -0.3 is 14.2 Å². The third kappa shape index (κ3) is 65.3. The highest BCUT2D eigenvalue weighted by molar-refractivity contribution is 5.71. The molecule has 0 N–H and O–H groups in total. The third-order valence-electron chi connectivity index (χ3n) is 13.1. The lowest BCUT2D eigenvalue weighted by atomic mass is 10.1. The van der Waals surface area contributed by atoms with Crippen molar-refractivity contribution < 1.29 is 28.6 Å². The van der Waals surface area contributed by atoms with Crippen molar-refractivity contribution in [1.29, 1.82) is 0 Å². The SMILES string of the molecule is CC/C=C\C/C=C\C/C=C\C/C=C\C/C=C\C/C=C\C/C=C\CCCC(=O)OCC(COC(=O)CCCCCCCCC/C=C\CCCCCCCCC)OC(=O)CCC/C=C\C/C=C\C/C=C\C/C=C\C/C=C\C/C=C\C/C=C\CC. The fourth-order valence-electron chi connectivity index (χ4n) is 8.30. The molecule has 0 fully saturated rings. The fraction of sp³-hybridized carbons (Fsp3) is 0.566. The Balaban J connectivity index is 4.63. The molecule has 0 aromatic carbocycles. The first-order valence-corrected chi connectivity index (χ1v) is 32.8. The second kappa shape index (κ2) is 68.0. The van der Waals surface area contributed by atoms with E-state index in [0.29, 0.717) is 19.3 Å². The van der Waals surface area contributed by atoms with Crippen LogP contribution in [0.3, 0.4) is 0 Å². The topological polar surface area (TPSA) is 78.9 Å². The quantitative estimate of drug-likeness (QED) is 0.0261. The van der Waals surface area contributed by atoms with Crippen molar-refractivity contribution in [3.05, 3.63) is 182 Å². The smallest absolute Gasteiger partial charge is 0.306 e. The maximum atomic E-state index is 12.9. The van der Waals surface area contributed by atoms with Crippen LogP contribution < -0.4 is 0 Å². The maximum absolute atomic E-state index is 12.9. The van der Waals surface area contributed by atoms with Crippen LogP contribution in [-0.4, -0.2) is 37.2 Å². The molecule has 6 heteroatoms. The van der Waals surface area contributed by atoms with Crippen LogP contribution in [0.5, 0.6) is 0 Å². The van der Waals surface area contributed by atoms with Crippen molar-refractivity contribution in [3.8, 4) is 0 Å². The highest BCUT2D eigenvalue weighted by Crippen LogP contribution is 2.13. The molecule has 6 nitrogen and oxygen atoms in total. The number of allylic oxidation sites excluding steroid dienone is 30. The Morgan fingerprint density at radius 3 is 0.805 bits per heavy atom. The van der Waals surface area contributed by atoms with Crippen LogP contribution in [0.15, 0.2) is 182 Å². The highest BCUT2D eigenvalue weighted by atomic mass is 16.6. The molecule has 0 saturated heterocycles. The Hall–Kier alpha value is -5.49. The normalized spacial score (nSPS) is 13.4. The largest absolute Gasteiger partial charge is 0.462 e. The number of hydrogen-bond acceptors (Lipinski definition) is 6. The Bertz CT molecular complexity index is 1920. The zero-order chi connectivity index (χ0) is 59.2. The van der Waals surface area contributed by atoms with Crippen LogP contribution in [0, 0.1) is 0 Å². The van der Waals surface area contributed by atoms with Crippen molar-refractivity contribution >= 4 is 17.9 Å². The van der Waals surface area contributed by atoms with Gasteiger partial charge in [0.2, 0.25) is 0 Å². The van der Waals surface area contributed by atoms with Gasteiger partial charge in [-0.1, -0.05) is 274 Å². The van der Waals surface area contributed by atoms with Crippen molar-refractivity contribution in [1.82, 2.24) is 0 Å². The lowest BCUT2D eigenvalue weighted by Gasteiger charge is -2.18. The van der Waals surface area contributed by atoms with Crippen LogP contribution in [-0.2, 0) is 28.6 Å². The minimum Gasteiger partial charge on any atom is -0.462 e. The van der Waals surface area contributed by atoms with E-state index in [4.69, 9.17) is 14.2 Å². The summed E-state index contributed by atoms with van der Waals surface area (Å²) in [6, 6.07) is 0. The molecular weight excluding hydrogens is 1010 g/mol. The summed E-state index contributed by atoms with van der Waals surface area (Å²) >= 11 is 0. The van der Waals surface area contributed by atoms with Gasteiger partial charge in [0, 0.05) is 19.3 Å². The average molecular weight is 1130 g/mol. The first kappa shape index (κ1) is 76.5. The van der Waals surface area contributed by atoms with Crippen molar-refractivity contribution in [2.45, 2.75) is 264 Å². The van der Waals surface area contributed by atoms with Gasteiger partial charge in [-0.25, -0.2) is 0 Å². The number of hydrogen-bond donors (Lipinski definition) is 0. The molecule has 82 heavy (non-hydrogen) atoms. The number of esters is 3. The van der Waals surface area contributed by atoms with Gasteiger partial charge in [0.05, 0.1) is 0 Å². The molecule has 1 atom stereocenters. The van der Waals surface area contributed by atoms with Gasteiger partial charge in [-0.05, 0) is 148 Å². The third-order valence-corrected chi connectivity index (χ3v) is 13.1. The first-order valence-electron chi connectivity index (χ1n) is 32.8. The van der Waals surface area contributed by atoms with E-state index in [-0.39, 0.29) is 44.0 Å². The summed E-state index contributed by atoms with van der Waals surface area (Å²) in [5.74, 6) is -1.06. The van der Waals surface area contributed by atoms with E-state index in [1.165, 1.54) is 83.5 Å². The summed E-state index contributed by atoms with van der Waals surface area (Å²) < 4.78 is 16.8. The molecular formula is C76H118O6. The molecule has 1 unspecified atom stereocenters. The zero-order valence-corrected chi connectivity index (χ0v) is 52.4. The number of rotatable bonds is 57. The van der Waals surface area contributed by atoms with Crippen molar-refractivity contribution in [3.63, 3.8) is 0 Å². The molecule has 0 saturated carbocycles. The predicted octanol–water partition coefficient (Wildman–Crippen LogP) is 22.8. The monoisotopic (exact) mass is 1130 g/mol. The molecule has 0 amide bonds. The lowest BCUT2D eigenvalue weighted by Crippen LogP contribution is -2.30. The van der Waals surface area contributed by atoms with Gasteiger partial charge in [-0.3, -0.25) is 14.4 Å². The van der Waals surface area contributed by atoms with Crippen molar-refractivity contribution in [2.24, 2.45) is 0 Å². The van der Waals surface area contributed by atoms with E-state index in [0.717, 1.165) is 122 Å². The lowest BCUT2D eigenvalue weighted by molar-refractivity contribution is -0.167. The summed E-state index contributed by atoms with van der Waals surface area (Å²) in [5, 5.41) is 0. The molecule has 0 spiro atoms. The number of carbonyl (C=O) groups is 3. The van der Waals surface area contributed by atoms with E-state index in [9.17, 15) is 14.4 Å². The predicted molar refractivity (Wildman–Crippen MR) is 357 cm³/mol. The van der Waals surface area contributed by atoms with Crippen LogP contribution in [0.4, 0.5) is 0 Å². The Morgan fingerprint density at radius 2 is 0.488 bits per heavy atom. The van der Waals surface area contributed by atoms with E-state index in [1.54, 1.807) is 0 Å². The van der Waals surface area contributed by atoms with Crippen LogP contribution in [0.1, 0.15) is 258 Å². The Labute approximate surface area is 504 Å². The highest BCUT2D eigenvalue weighted by Gasteiger charge is 2.19. The maximum Gasteiger partial charge on any atom is 0.306 e. The van der Waals surface area contributed by atoms with Crippen molar-refractivity contribution in [2.75, 3.05) is 13.2 Å². The van der Waals surface area contributed by atoms with Gasteiger partial charge in [-0.2, -0.15) is 0 Å². The minimum absolute atomic E-state index is 0.130. The van der Waals surface area contributed by atoms with E-state index >= 15 is 0 Å². The summed E-state index contributed by atoms with van der Waals surface area (Å²) in [6.45, 7) is 6.31. The van der Waals surface area contributed by atoms with Crippen LogP contribution >= 0.6 is 0 Å². The molecule has 0 radical (unpaired) electrons. The van der Waals surface area contributed by atoms with E-state index in [1.807, 2.05) is 0 Å². The summed E-state index contributed by atoms with van der Waals surface area (Å²) in [5.41, 5.74) is 0. The molecule has 0 aliphatic heterocycles. The summed E-state index contributed by atoms with van der Waals surface area (Å²) in [6.07, 6.45) is 102. The second-order valence-electron chi connectivity index (χ2n) is 20.9. The molecule has 0 bridgehead atoms. The molecule has 0 aliphatic rings. The molecule has 458 valence electrons. The van der Waals surface area contributed by atoms with E-state index < -0.39 is 6.10 Å². The number of unbranched alkanes of at least 4 members (excludes halogenated alkanes) is 16. The van der Waals surface area contributed by atoms with E-state index in [2.05, 4.69) is 203 Å². The molecule has 0 aromatic heterocycles. The van der Waals surface area contributed by atoms with Gasteiger partial charge >= 0.3 is 17.9 Å². The fourth-order valence-corrected chi connectivity index (χ4v) is 8.30. The Morgan fingerprint density at radius 1 is 0.256 bits per heavy atom. The second-order valence-corrected chi connectivity index (χ2v) is 20.9. The summed E-state index contributed by atoms with van der Waals surface area (Å²) in [4.78, 5) is 38.4. The number of carbonyl (C=O) groups excluding carboxylic acids is 3. The molecule has 0 heterocycles. The van der Waals surface area contributed by atoms with Gasteiger partial charge in [-0.15, -0.1) is 0 Å². The van der Waals surface area contributed by atoms with Gasteiger partial charge in [0.25, 0.3) is 0 Å². The van der Waals surface area contributed by atoms with Crippen LogP contribution in [0.25, 0.3) is 0 Å². The molecule has 0 rings (SSSR count). The zero-order valence-electron chi connectivity index (χ0n) is 52.4. The van der Waals surface area contributed by atoms with Gasteiger partial charge in [0.15, 0.2) is 6.10 Å². The average Bonchev–Trinajstić information content (AvgIpc) is 3.47. The number of ether oxygens (including phenoxy) is 3. The van der Waals surface area contributed by atoms with Gasteiger partial charge in [0.1, 0.15) is 13.2 Å². The molecule has 0 aromatic rings. The summed E-state index contributed by atoms with van der Waals surface area (Å²) in [7, 11) is 0. The molecule has 0 aliphatic carbocycles. The standard InChI is InChI=1S/C76H118O6/c1-4-7-10-13-16-19-22-25-28-31-34-36-38-40-42-45-48-51-54-57-60-63-66-69-75(78)81-72-73(71-80-74(77)68-65-62-59-56-53-50-47-44-33-30-27-24-21-18-15-12-9-6-3)82-76(79)70-67-64-61-58-55-52-49-46-43-41-39-37-35-32-29-26-23-20-17-14-11-8-5-2/h7-8,10-11,16-17,19-20,25-26,28-30,33-37,40-43,48-49,51-52,57-58,60-61,73H,4-6,9,12-15,18,21-24,27,31-32,38-39,44-47,50,53-56,59,62-72H2,1-3H3/b10-7-,11-8-,19-16-,20-17-,28-25-,29-26-,33-30-,36-34-,37-35-,42-40-,43-41-,51-48-,52-49-,60-57-,61-58-. The minimum atomic E-state index is -0.847. The van der Waals surface area contributed by atoms with Crippen LogP contribution in [0.2, 0.25) is 0 Å².